The molecule has 1 aromatic heterocycles. The second-order valence-corrected chi connectivity index (χ2v) is 5.45. The van der Waals surface area contributed by atoms with Crippen molar-refractivity contribution in [2.24, 2.45) is 16.6 Å². The smallest absolute Gasteiger partial charge is 0.194 e. The summed E-state index contributed by atoms with van der Waals surface area (Å²) in [4.78, 5) is 11.2. The number of aromatic nitrogens is 1. The number of nitrogens with two attached hydrogens (primary N) is 1. The zero-order valence-corrected chi connectivity index (χ0v) is 13.9. The van der Waals surface area contributed by atoms with E-state index < -0.39 is 0 Å². The van der Waals surface area contributed by atoms with E-state index >= 15 is 0 Å². The van der Waals surface area contributed by atoms with E-state index in [0.717, 1.165) is 18.4 Å². The lowest BCUT2D eigenvalue weighted by Crippen LogP contribution is -2.26. The number of nitrogens with one attached hydrogen (secondary N) is 1. The topological polar surface area (TPSA) is 66.5 Å². The van der Waals surface area contributed by atoms with Gasteiger partial charge in [0.15, 0.2) is 5.96 Å². The molecule has 2 aliphatic rings. The zero-order chi connectivity index (χ0) is 13.1. The number of halogens is 1. The van der Waals surface area contributed by atoms with Crippen LogP contribution in [0, 0.1) is 5.92 Å². The van der Waals surface area contributed by atoms with Crippen LogP contribution in [0.2, 0.25) is 0 Å². The van der Waals surface area contributed by atoms with Crippen LogP contribution in [0.1, 0.15) is 19.3 Å². The lowest BCUT2D eigenvalue weighted by molar-refractivity contribution is 0.315. The highest BCUT2D eigenvalue weighted by molar-refractivity contribution is 14.0. The molecule has 2 heterocycles. The third-order valence-corrected chi connectivity index (χ3v) is 3.82. The first-order valence-corrected chi connectivity index (χ1v) is 7.03. The summed E-state index contributed by atoms with van der Waals surface area (Å²) in [5, 5.41) is 3.02. The zero-order valence-electron chi connectivity index (χ0n) is 11.5. The van der Waals surface area contributed by atoms with E-state index in [9.17, 15) is 0 Å². The number of aliphatic imine (C=N–C) groups is 1. The lowest BCUT2D eigenvalue weighted by Gasteiger charge is -2.13. The van der Waals surface area contributed by atoms with Gasteiger partial charge in [-0.1, -0.05) is 6.07 Å². The van der Waals surface area contributed by atoms with E-state index in [4.69, 9.17) is 5.73 Å². The molecule has 110 valence electrons. The summed E-state index contributed by atoms with van der Waals surface area (Å²) in [6.07, 6.45) is 5.76. The molecule has 3 rings (SSSR count). The van der Waals surface area contributed by atoms with Crippen molar-refractivity contribution in [2.75, 3.05) is 25.0 Å². The Morgan fingerprint density at radius 2 is 2.25 bits per heavy atom. The van der Waals surface area contributed by atoms with Crippen LogP contribution >= 0.6 is 24.0 Å². The molecule has 5 nitrogen and oxygen atoms in total. The Labute approximate surface area is 137 Å². The van der Waals surface area contributed by atoms with E-state index in [-0.39, 0.29) is 24.0 Å². The number of pyridine rings is 1. The monoisotopic (exact) mass is 387 g/mol. The fourth-order valence-electron chi connectivity index (χ4n) is 2.62. The molecule has 3 N–H and O–H groups in total. The summed E-state index contributed by atoms with van der Waals surface area (Å²) < 4.78 is 0. The highest BCUT2D eigenvalue weighted by Crippen LogP contribution is 2.31. The molecule has 1 unspecified atom stereocenters. The molecule has 6 heteroatoms. The molecule has 0 radical (unpaired) electrons. The molecule has 1 aliphatic carbocycles. The highest BCUT2D eigenvalue weighted by atomic mass is 127. The van der Waals surface area contributed by atoms with Crippen molar-refractivity contribution in [3.8, 4) is 0 Å². The third-order valence-electron chi connectivity index (χ3n) is 3.82. The standard InChI is InChI=1S/C14H21N5.HI/c15-14(18-13-3-1-2-7-16-13)17-9-11-6-8-19(10-11)12-4-5-12;/h1-3,7,11-12H,4-6,8-10H2,(H3,15,16,17,18);1H. The van der Waals surface area contributed by atoms with E-state index in [1.807, 2.05) is 18.2 Å². The molecule has 1 aliphatic heterocycles. The molecular weight excluding hydrogens is 365 g/mol. The molecule has 1 saturated heterocycles. The molecule has 0 bridgehead atoms. The van der Waals surface area contributed by atoms with Crippen LogP contribution in [0.25, 0.3) is 0 Å². The molecule has 1 aromatic rings. The SMILES string of the molecule is I.NC(=NCC1CCN(C2CC2)C1)Nc1ccccn1. The number of rotatable bonds is 4. The number of hydrogen-bond donors (Lipinski definition) is 2. The van der Waals surface area contributed by atoms with Crippen molar-refractivity contribution in [1.82, 2.24) is 9.88 Å². The van der Waals surface area contributed by atoms with Gasteiger partial charge in [0, 0.05) is 25.3 Å². The number of hydrogen-bond acceptors (Lipinski definition) is 3. The second kappa shape index (κ2) is 7.21. The summed E-state index contributed by atoms with van der Waals surface area (Å²) in [6.45, 7) is 3.23. The van der Waals surface area contributed by atoms with Crippen LogP contribution in [0.3, 0.4) is 0 Å². The fraction of sp³-hybridized carbons (Fsp3) is 0.571. The Morgan fingerprint density at radius 3 is 2.95 bits per heavy atom. The molecule has 20 heavy (non-hydrogen) atoms. The molecule has 0 amide bonds. The summed E-state index contributed by atoms with van der Waals surface area (Å²) >= 11 is 0. The van der Waals surface area contributed by atoms with Crippen LogP contribution in [-0.2, 0) is 0 Å². The quantitative estimate of drug-likeness (QED) is 0.471. The average molecular weight is 387 g/mol. The maximum atomic E-state index is 5.88. The van der Waals surface area contributed by atoms with Gasteiger partial charge >= 0.3 is 0 Å². The van der Waals surface area contributed by atoms with Gasteiger partial charge in [-0.15, -0.1) is 24.0 Å². The predicted molar refractivity (Wildman–Crippen MR) is 92.5 cm³/mol. The Bertz CT molecular complexity index is 446. The van der Waals surface area contributed by atoms with Gasteiger partial charge in [0.05, 0.1) is 0 Å². The molecule has 0 aromatic carbocycles. The number of guanidine groups is 1. The van der Waals surface area contributed by atoms with Crippen LogP contribution < -0.4 is 11.1 Å². The van der Waals surface area contributed by atoms with Crippen molar-refractivity contribution in [2.45, 2.75) is 25.3 Å². The average Bonchev–Trinajstić information content (AvgIpc) is 3.17. The Balaban J connectivity index is 0.00000147. The molecule has 1 atom stereocenters. The highest BCUT2D eigenvalue weighted by Gasteiger charge is 2.34. The molecular formula is C14H22IN5. The Hall–Kier alpha value is -0.890. The van der Waals surface area contributed by atoms with Gasteiger partial charge in [-0.2, -0.15) is 0 Å². The van der Waals surface area contributed by atoms with Gasteiger partial charge < -0.3 is 16.0 Å². The largest absolute Gasteiger partial charge is 0.370 e. The maximum Gasteiger partial charge on any atom is 0.194 e. The minimum atomic E-state index is 0. The summed E-state index contributed by atoms with van der Waals surface area (Å²) in [7, 11) is 0. The predicted octanol–water partition coefficient (Wildman–Crippen LogP) is 1.91. The first kappa shape index (κ1) is 15.5. The summed E-state index contributed by atoms with van der Waals surface area (Å²) in [5.41, 5.74) is 5.88. The number of anilines is 1. The van der Waals surface area contributed by atoms with E-state index in [2.05, 4.69) is 20.2 Å². The van der Waals surface area contributed by atoms with Crippen molar-refractivity contribution in [3.63, 3.8) is 0 Å². The van der Waals surface area contributed by atoms with Crippen molar-refractivity contribution in [1.29, 1.82) is 0 Å². The van der Waals surface area contributed by atoms with Crippen molar-refractivity contribution >= 4 is 35.8 Å². The second-order valence-electron chi connectivity index (χ2n) is 5.45. The van der Waals surface area contributed by atoms with Crippen LogP contribution in [0.5, 0.6) is 0 Å². The molecule has 2 fully saturated rings. The first-order chi connectivity index (χ1) is 9.31. The van der Waals surface area contributed by atoms with Crippen LogP contribution in [-0.4, -0.2) is 41.5 Å². The first-order valence-electron chi connectivity index (χ1n) is 7.03. The van der Waals surface area contributed by atoms with E-state index in [0.29, 0.717) is 11.9 Å². The van der Waals surface area contributed by atoms with E-state index in [1.165, 1.54) is 32.4 Å². The van der Waals surface area contributed by atoms with Crippen LogP contribution in [0.15, 0.2) is 29.4 Å². The van der Waals surface area contributed by atoms with Gasteiger partial charge in [0.2, 0.25) is 0 Å². The number of likely N-dealkylation sites (tertiary alicyclic amines) is 1. The fourth-order valence-corrected chi connectivity index (χ4v) is 2.62. The Kier molecular flexibility index (Phi) is 5.59. The number of nitrogens with zero attached hydrogens (tertiary/aromatic N) is 3. The van der Waals surface area contributed by atoms with Crippen molar-refractivity contribution < 1.29 is 0 Å². The van der Waals surface area contributed by atoms with Gasteiger partial charge in [-0.25, -0.2) is 4.98 Å². The van der Waals surface area contributed by atoms with E-state index in [1.54, 1.807) is 6.20 Å². The third kappa shape index (κ3) is 4.31. The van der Waals surface area contributed by atoms with Gasteiger partial charge in [-0.3, -0.25) is 4.99 Å². The molecule has 1 saturated carbocycles. The minimum absolute atomic E-state index is 0. The van der Waals surface area contributed by atoms with Crippen molar-refractivity contribution in [3.05, 3.63) is 24.4 Å². The maximum absolute atomic E-state index is 5.88. The summed E-state index contributed by atoms with van der Waals surface area (Å²) in [6, 6.07) is 6.56. The minimum Gasteiger partial charge on any atom is -0.370 e. The normalized spacial score (nSPS) is 23.4. The Morgan fingerprint density at radius 1 is 1.40 bits per heavy atom. The van der Waals surface area contributed by atoms with Gasteiger partial charge in [-0.05, 0) is 43.9 Å². The molecule has 0 spiro atoms. The lowest BCUT2D eigenvalue weighted by atomic mass is 10.1. The van der Waals surface area contributed by atoms with Gasteiger partial charge in [0.1, 0.15) is 5.82 Å². The van der Waals surface area contributed by atoms with Crippen LogP contribution in [0.4, 0.5) is 5.82 Å². The summed E-state index contributed by atoms with van der Waals surface area (Å²) in [5.74, 6) is 1.86. The van der Waals surface area contributed by atoms with Gasteiger partial charge in [0.25, 0.3) is 0 Å².